The molecule has 0 radical (unpaired) electrons. The minimum absolute atomic E-state index is 0.214. The molecule has 4 nitrogen and oxygen atoms in total. The molecule has 0 saturated heterocycles. The molecule has 1 heterocycles. The van der Waals surface area contributed by atoms with Gasteiger partial charge < -0.3 is 9.84 Å². The molecule has 3 rings (SSSR count). The first kappa shape index (κ1) is 16.0. The van der Waals surface area contributed by atoms with Gasteiger partial charge in [-0.3, -0.25) is 4.79 Å². The average Bonchev–Trinajstić information content (AvgIpc) is 2.97. The Labute approximate surface area is 141 Å². The number of hydrogen-bond donors (Lipinski definition) is 1. The Kier molecular flexibility index (Phi) is 4.47. The first-order chi connectivity index (χ1) is 11.6. The van der Waals surface area contributed by atoms with Crippen molar-refractivity contribution in [1.82, 2.24) is 5.16 Å². The van der Waals surface area contributed by atoms with Crippen molar-refractivity contribution in [2.75, 3.05) is 5.32 Å². The topological polar surface area (TPSA) is 55.1 Å². The Bertz CT molecular complexity index is 851. The molecule has 24 heavy (non-hydrogen) atoms. The van der Waals surface area contributed by atoms with Crippen LogP contribution in [0, 0.1) is 6.92 Å². The standard InChI is InChI=1S/C20H20N2O2/c1-13(2)16-10-7-11-17(12-16)21-20(23)18-14(3)24-22-19(18)15-8-5-4-6-9-15/h4-13H,1-3H3,(H,21,23). The normalized spacial score (nSPS) is 10.8. The molecule has 0 unspecified atom stereocenters. The summed E-state index contributed by atoms with van der Waals surface area (Å²) < 4.78 is 5.26. The zero-order chi connectivity index (χ0) is 17.1. The van der Waals surface area contributed by atoms with E-state index in [2.05, 4.69) is 30.4 Å². The summed E-state index contributed by atoms with van der Waals surface area (Å²) in [5, 5.41) is 7.01. The van der Waals surface area contributed by atoms with Crippen molar-refractivity contribution in [3.63, 3.8) is 0 Å². The predicted octanol–water partition coefficient (Wildman–Crippen LogP) is 5.03. The van der Waals surface area contributed by atoms with E-state index in [-0.39, 0.29) is 5.91 Å². The van der Waals surface area contributed by atoms with E-state index in [1.807, 2.05) is 48.5 Å². The summed E-state index contributed by atoms with van der Waals surface area (Å²) in [5.41, 5.74) is 3.83. The highest BCUT2D eigenvalue weighted by Crippen LogP contribution is 2.26. The Morgan fingerprint density at radius 3 is 2.54 bits per heavy atom. The summed E-state index contributed by atoms with van der Waals surface area (Å²) in [7, 11) is 0. The SMILES string of the molecule is Cc1onc(-c2ccccc2)c1C(=O)Nc1cccc(C(C)C)c1. The van der Waals surface area contributed by atoms with Crippen LogP contribution in [0.2, 0.25) is 0 Å². The summed E-state index contributed by atoms with van der Waals surface area (Å²) in [4.78, 5) is 12.8. The molecule has 3 aromatic rings. The van der Waals surface area contributed by atoms with Crippen LogP contribution < -0.4 is 5.32 Å². The third-order valence-electron chi connectivity index (χ3n) is 3.95. The summed E-state index contributed by atoms with van der Waals surface area (Å²) in [5.74, 6) is 0.693. The minimum atomic E-state index is -0.214. The Morgan fingerprint density at radius 2 is 1.83 bits per heavy atom. The zero-order valence-corrected chi connectivity index (χ0v) is 14.0. The van der Waals surface area contributed by atoms with Crippen LogP contribution in [0.5, 0.6) is 0 Å². The number of aryl methyl sites for hydroxylation is 1. The third-order valence-corrected chi connectivity index (χ3v) is 3.95. The van der Waals surface area contributed by atoms with Crippen LogP contribution in [0.1, 0.15) is 41.4 Å². The maximum absolute atomic E-state index is 12.8. The number of benzene rings is 2. The fourth-order valence-corrected chi connectivity index (χ4v) is 2.60. The molecule has 0 aliphatic carbocycles. The highest BCUT2D eigenvalue weighted by molar-refractivity contribution is 6.08. The molecule has 0 aliphatic heterocycles. The van der Waals surface area contributed by atoms with Gasteiger partial charge in [-0.15, -0.1) is 0 Å². The first-order valence-electron chi connectivity index (χ1n) is 7.99. The molecule has 0 bridgehead atoms. The average molecular weight is 320 g/mol. The van der Waals surface area contributed by atoms with Crippen LogP contribution in [0.3, 0.4) is 0 Å². The lowest BCUT2D eigenvalue weighted by Crippen LogP contribution is -2.13. The van der Waals surface area contributed by atoms with E-state index < -0.39 is 0 Å². The maximum atomic E-state index is 12.8. The molecule has 1 N–H and O–H groups in total. The number of amides is 1. The van der Waals surface area contributed by atoms with Crippen molar-refractivity contribution in [2.45, 2.75) is 26.7 Å². The number of hydrogen-bond acceptors (Lipinski definition) is 3. The number of nitrogens with one attached hydrogen (secondary N) is 1. The molecule has 0 fully saturated rings. The van der Waals surface area contributed by atoms with E-state index in [9.17, 15) is 4.79 Å². The lowest BCUT2D eigenvalue weighted by atomic mass is 10.0. The van der Waals surface area contributed by atoms with E-state index in [1.54, 1.807) is 6.92 Å². The van der Waals surface area contributed by atoms with Gasteiger partial charge in [0.25, 0.3) is 5.91 Å². The molecule has 0 saturated carbocycles. The number of carbonyl (C=O) groups excluding carboxylic acids is 1. The second-order valence-electron chi connectivity index (χ2n) is 6.06. The van der Waals surface area contributed by atoms with E-state index >= 15 is 0 Å². The molecule has 1 amide bonds. The summed E-state index contributed by atoms with van der Waals surface area (Å²) in [6.45, 7) is 6.00. The highest BCUT2D eigenvalue weighted by Gasteiger charge is 2.21. The van der Waals surface area contributed by atoms with Gasteiger partial charge in [0.05, 0.1) is 0 Å². The molecule has 2 aromatic carbocycles. The second-order valence-corrected chi connectivity index (χ2v) is 6.06. The third kappa shape index (κ3) is 3.23. The van der Waals surface area contributed by atoms with Crippen LogP contribution in [-0.4, -0.2) is 11.1 Å². The smallest absolute Gasteiger partial charge is 0.261 e. The number of nitrogens with zero attached hydrogens (tertiary/aromatic N) is 1. The van der Waals surface area contributed by atoms with Gasteiger partial charge in [0.15, 0.2) is 0 Å². The number of aromatic nitrogens is 1. The van der Waals surface area contributed by atoms with Crippen LogP contribution in [-0.2, 0) is 0 Å². The molecule has 122 valence electrons. The van der Waals surface area contributed by atoms with Gasteiger partial charge in [-0.1, -0.05) is 61.5 Å². The Morgan fingerprint density at radius 1 is 1.08 bits per heavy atom. The van der Waals surface area contributed by atoms with Crippen LogP contribution in [0.4, 0.5) is 5.69 Å². The van der Waals surface area contributed by atoms with Crippen molar-refractivity contribution in [2.24, 2.45) is 0 Å². The van der Waals surface area contributed by atoms with Gasteiger partial charge >= 0.3 is 0 Å². The Balaban J connectivity index is 1.91. The molecule has 0 atom stereocenters. The van der Waals surface area contributed by atoms with E-state index in [0.717, 1.165) is 11.3 Å². The first-order valence-corrected chi connectivity index (χ1v) is 7.99. The fraction of sp³-hybridized carbons (Fsp3) is 0.200. The van der Waals surface area contributed by atoms with Crippen molar-refractivity contribution < 1.29 is 9.32 Å². The number of rotatable bonds is 4. The fourth-order valence-electron chi connectivity index (χ4n) is 2.60. The molecule has 0 spiro atoms. The van der Waals surface area contributed by atoms with Crippen LogP contribution in [0.15, 0.2) is 59.1 Å². The van der Waals surface area contributed by atoms with Crippen LogP contribution >= 0.6 is 0 Å². The molecular weight excluding hydrogens is 300 g/mol. The summed E-state index contributed by atoms with van der Waals surface area (Å²) in [6.07, 6.45) is 0. The van der Waals surface area contributed by atoms with E-state index in [4.69, 9.17) is 4.52 Å². The van der Waals surface area contributed by atoms with Crippen molar-refractivity contribution in [1.29, 1.82) is 0 Å². The van der Waals surface area contributed by atoms with Gasteiger partial charge in [-0.2, -0.15) is 0 Å². The highest BCUT2D eigenvalue weighted by atomic mass is 16.5. The molecule has 4 heteroatoms. The van der Waals surface area contributed by atoms with Crippen molar-refractivity contribution >= 4 is 11.6 Å². The molecular formula is C20H20N2O2. The Hall–Kier alpha value is -2.88. The van der Waals surface area contributed by atoms with Gasteiger partial charge in [0.2, 0.25) is 0 Å². The number of anilines is 1. The largest absolute Gasteiger partial charge is 0.360 e. The van der Waals surface area contributed by atoms with Gasteiger partial charge in [0, 0.05) is 11.3 Å². The predicted molar refractivity (Wildman–Crippen MR) is 95.2 cm³/mol. The van der Waals surface area contributed by atoms with Gasteiger partial charge in [-0.05, 0) is 30.5 Å². The van der Waals surface area contributed by atoms with Crippen molar-refractivity contribution in [3.8, 4) is 11.3 Å². The quantitative estimate of drug-likeness (QED) is 0.734. The molecule has 0 aliphatic rings. The monoisotopic (exact) mass is 320 g/mol. The second kappa shape index (κ2) is 6.71. The summed E-state index contributed by atoms with van der Waals surface area (Å²) in [6, 6.07) is 17.4. The zero-order valence-electron chi connectivity index (χ0n) is 14.0. The molecule has 1 aromatic heterocycles. The van der Waals surface area contributed by atoms with E-state index in [1.165, 1.54) is 5.56 Å². The van der Waals surface area contributed by atoms with Gasteiger partial charge in [-0.25, -0.2) is 0 Å². The number of carbonyl (C=O) groups is 1. The van der Waals surface area contributed by atoms with E-state index in [0.29, 0.717) is 22.9 Å². The van der Waals surface area contributed by atoms with Crippen molar-refractivity contribution in [3.05, 3.63) is 71.5 Å². The lowest BCUT2D eigenvalue weighted by Gasteiger charge is -2.10. The lowest BCUT2D eigenvalue weighted by molar-refractivity contribution is 0.102. The summed E-state index contributed by atoms with van der Waals surface area (Å²) >= 11 is 0. The van der Waals surface area contributed by atoms with Gasteiger partial charge in [0.1, 0.15) is 17.0 Å². The minimum Gasteiger partial charge on any atom is -0.360 e. The van der Waals surface area contributed by atoms with Crippen LogP contribution in [0.25, 0.3) is 11.3 Å². The maximum Gasteiger partial charge on any atom is 0.261 e.